The van der Waals surface area contributed by atoms with E-state index in [0.29, 0.717) is 30.6 Å². The molecule has 0 bridgehead atoms. The molecule has 1 aliphatic heterocycles. The van der Waals surface area contributed by atoms with E-state index in [1.165, 1.54) is 17.2 Å². The van der Waals surface area contributed by atoms with E-state index >= 15 is 0 Å². The second-order valence-electron chi connectivity index (χ2n) is 8.45. The molecule has 3 heterocycles. The van der Waals surface area contributed by atoms with Gasteiger partial charge in [0.25, 0.3) is 0 Å². The Labute approximate surface area is 195 Å². The molecule has 0 spiro atoms. The maximum Gasteiger partial charge on any atom is 0.320 e. The number of carboxylic acids is 1. The highest BCUT2D eigenvalue weighted by Crippen LogP contribution is 2.34. The lowest BCUT2D eigenvalue weighted by molar-refractivity contribution is -0.138. The van der Waals surface area contributed by atoms with Crippen LogP contribution >= 0.6 is 0 Å². The number of imidazole rings is 1. The number of carbonyl (C=O) groups is 1. The number of anilines is 1. The summed E-state index contributed by atoms with van der Waals surface area (Å²) in [6.07, 6.45) is -0.273. The molecule has 12 nitrogen and oxygen atoms in total. The van der Waals surface area contributed by atoms with Crippen molar-refractivity contribution in [2.75, 3.05) is 5.73 Å². The van der Waals surface area contributed by atoms with Gasteiger partial charge in [-0.2, -0.15) is 0 Å². The van der Waals surface area contributed by atoms with Gasteiger partial charge in [0, 0.05) is 12.6 Å². The van der Waals surface area contributed by atoms with Crippen LogP contribution in [-0.2, 0) is 16.1 Å². The van der Waals surface area contributed by atoms with Gasteiger partial charge in [-0.1, -0.05) is 30.3 Å². The number of hydrogen-bond donors (Lipinski definition) is 6. The molecule has 1 saturated heterocycles. The molecule has 6 atom stereocenters. The first-order chi connectivity index (χ1) is 16.3. The molecular weight excluding hydrogens is 442 g/mol. The molecule has 0 amide bonds. The number of aliphatic carboxylic acids is 1. The largest absolute Gasteiger partial charge is 0.480 e. The van der Waals surface area contributed by atoms with E-state index in [-0.39, 0.29) is 18.3 Å². The minimum atomic E-state index is -1.23. The van der Waals surface area contributed by atoms with E-state index in [1.807, 2.05) is 30.3 Å². The van der Waals surface area contributed by atoms with Crippen LogP contribution in [0.1, 0.15) is 31.1 Å². The fourth-order valence-corrected chi connectivity index (χ4v) is 4.16. The van der Waals surface area contributed by atoms with Crippen LogP contribution in [0.5, 0.6) is 0 Å². The van der Waals surface area contributed by atoms with E-state index in [0.717, 1.165) is 5.56 Å². The smallest absolute Gasteiger partial charge is 0.320 e. The molecule has 3 aromatic rings. The van der Waals surface area contributed by atoms with Crippen molar-refractivity contribution in [3.05, 3.63) is 48.5 Å². The number of nitrogen functional groups attached to an aromatic ring is 1. The van der Waals surface area contributed by atoms with E-state index < -0.39 is 36.6 Å². The van der Waals surface area contributed by atoms with Gasteiger partial charge in [0.05, 0.1) is 12.4 Å². The fraction of sp³-hybridized carbons (Fsp3) is 0.455. The van der Waals surface area contributed by atoms with Crippen LogP contribution in [0.4, 0.5) is 5.82 Å². The van der Waals surface area contributed by atoms with Gasteiger partial charge in [0.1, 0.15) is 30.1 Å². The topological polar surface area (TPSA) is 195 Å². The summed E-state index contributed by atoms with van der Waals surface area (Å²) in [5, 5.41) is 34.0. The first-order valence-electron chi connectivity index (χ1n) is 11.1. The average Bonchev–Trinajstić information content (AvgIpc) is 3.38. The molecular formula is C22H29N7O5. The number of nitrogens with two attached hydrogens (primary N) is 2. The summed E-state index contributed by atoms with van der Waals surface area (Å²) >= 11 is 0. The lowest BCUT2D eigenvalue weighted by Crippen LogP contribution is -2.39. The monoisotopic (exact) mass is 471 g/mol. The SMILES string of the molecule is Nc1ncnc2c1ncn2[C@@H]1O[C@H](C[C@@H](CC[C@H](N)C(=O)O)NCc2ccccc2)[C@@H](O)[C@H]1O. The average molecular weight is 472 g/mol. The third-order valence-electron chi connectivity index (χ3n) is 6.10. The van der Waals surface area contributed by atoms with Crippen molar-refractivity contribution in [3.63, 3.8) is 0 Å². The first kappa shape index (κ1) is 24.0. The van der Waals surface area contributed by atoms with Crippen LogP contribution in [-0.4, -0.2) is 71.2 Å². The number of hydrogen-bond acceptors (Lipinski definition) is 10. The number of fused-ring (bicyclic) bond motifs is 1. The Kier molecular flexibility index (Phi) is 7.34. The molecule has 34 heavy (non-hydrogen) atoms. The standard InChI is InChI=1S/C22H29N7O5/c23-14(22(32)33)7-6-13(25-9-12-4-2-1-3-5-12)8-15-17(30)18(31)21(34-15)29-11-28-16-19(24)26-10-27-20(16)29/h1-5,10-11,13-15,17-18,21,25,30-31H,6-9,23H2,(H,32,33)(H2,24,26,27)/t13-,14+,15-,17-,18-,21-/m1/s1. The molecule has 8 N–H and O–H groups in total. The number of carboxylic acid groups (broad SMARTS) is 1. The summed E-state index contributed by atoms with van der Waals surface area (Å²) in [6.45, 7) is 0.547. The van der Waals surface area contributed by atoms with Gasteiger partial charge in [0.2, 0.25) is 0 Å². The Morgan fingerprint density at radius 1 is 1.15 bits per heavy atom. The summed E-state index contributed by atoms with van der Waals surface area (Å²) < 4.78 is 7.57. The van der Waals surface area contributed by atoms with Crippen molar-refractivity contribution in [1.29, 1.82) is 0 Å². The van der Waals surface area contributed by atoms with Crippen LogP contribution < -0.4 is 16.8 Å². The Morgan fingerprint density at radius 2 is 1.91 bits per heavy atom. The summed E-state index contributed by atoms with van der Waals surface area (Å²) in [4.78, 5) is 23.4. The van der Waals surface area contributed by atoms with Crippen molar-refractivity contribution in [3.8, 4) is 0 Å². The van der Waals surface area contributed by atoms with E-state index in [2.05, 4.69) is 20.3 Å². The van der Waals surface area contributed by atoms with Crippen molar-refractivity contribution in [1.82, 2.24) is 24.8 Å². The minimum Gasteiger partial charge on any atom is -0.480 e. The van der Waals surface area contributed by atoms with Gasteiger partial charge in [-0.05, 0) is 24.8 Å². The molecule has 0 aliphatic carbocycles. The summed E-state index contributed by atoms with van der Waals surface area (Å²) in [7, 11) is 0. The highest BCUT2D eigenvalue weighted by molar-refractivity contribution is 5.81. The third-order valence-corrected chi connectivity index (χ3v) is 6.10. The van der Waals surface area contributed by atoms with Gasteiger partial charge < -0.3 is 36.8 Å². The molecule has 0 saturated carbocycles. The van der Waals surface area contributed by atoms with Gasteiger partial charge >= 0.3 is 5.97 Å². The highest BCUT2D eigenvalue weighted by Gasteiger charge is 2.45. The summed E-state index contributed by atoms with van der Waals surface area (Å²) in [5.74, 6) is -0.865. The normalized spacial score (nSPS) is 24.3. The molecule has 4 rings (SSSR count). The third kappa shape index (κ3) is 5.16. The Hall–Kier alpha value is -3.16. The molecule has 1 fully saturated rings. The quantitative estimate of drug-likeness (QED) is 0.228. The van der Waals surface area contributed by atoms with Gasteiger partial charge in [-0.15, -0.1) is 0 Å². The first-order valence-corrected chi connectivity index (χ1v) is 11.1. The Morgan fingerprint density at radius 3 is 2.65 bits per heavy atom. The lowest BCUT2D eigenvalue weighted by atomic mass is 9.97. The molecule has 182 valence electrons. The summed E-state index contributed by atoms with van der Waals surface area (Å²) in [6, 6.07) is 8.54. The van der Waals surface area contributed by atoms with Crippen LogP contribution in [0.3, 0.4) is 0 Å². The predicted octanol–water partition coefficient (Wildman–Crippen LogP) is -0.232. The zero-order valence-corrected chi connectivity index (χ0v) is 18.4. The van der Waals surface area contributed by atoms with Gasteiger partial charge in [-0.3, -0.25) is 9.36 Å². The number of aromatic nitrogens is 4. The number of nitrogens with one attached hydrogen (secondary N) is 1. The number of aliphatic hydroxyl groups is 2. The van der Waals surface area contributed by atoms with Gasteiger partial charge in [-0.25, -0.2) is 15.0 Å². The lowest BCUT2D eigenvalue weighted by Gasteiger charge is -2.24. The minimum absolute atomic E-state index is 0.202. The van der Waals surface area contributed by atoms with E-state index in [4.69, 9.17) is 21.3 Å². The molecule has 0 unspecified atom stereocenters. The number of nitrogens with zero attached hydrogens (tertiary/aromatic N) is 4. The van der Waals surface area contributed by atoms with E-state index in [9.17, 15) is 15.0 Å². The zero-order chi connectivity index (χ0) is 24.2. The fourth-order valence-electron chi connectivity index (χ4n) is 4.16. The maximum absolute atomic E-state index is 11.2. The Balaban J connectivity index is 1.48. The van der Waals surface area contributed by atoms with Gasteiger partial charge in [0.15, 0.2) is 17.7 Å². The molecule has 0 radical (unpaired) electrons. The molecule has 1 aliphatic rings. The summed E-state index contributed by atoms with van der Waals surface area (Å²) in [5.41, 5.74) is 13.4. The van der Waals surface area contributed by atoms with Crippen LogP contribution in [0.15, 0.2) is 43.0 Å². The number of benzene rings is 1. The number of aliphatic hydroxyl groups excluding tert-OH is 2. The highest BCUT2D eigenvalue weighted by atomic mass is 16.6. The maximum atomic E-state index is 11.2. The van der Waals surface area contributed by atoms with Crippen molar-refractivity contribution < 1.29 is 24.9 Å². The van der Waals surface area contributed by atoms with Crippen LogP contribution in [0.2, 0.25) is 0 Å². The Bertz CT molecular complexity index is 1110. The van der Waals surface area contributed by atoms with Crippen molar-refractivity contribution >= 4 is 23.0 Å². The number of ether oxygens (including phenoxy) is 1. The van der Waals surface area contributed by atoms with E-state index in [1.54, 1.807) is 0 Å². The molecule has 1 aromatic carbocycles. The second kappa shape index (κ2) is 10.4. The van der Waals surface area contributed by atoms with Crippen molar-refractivity contribution in [2.45, 2.75) is 62.4 Å². The predicted molar refractivity (Wildman–Crippen MR) is 122 cm³/mol. The second-order valence-corrected chi connectivity index (χ2v) is 8.45. The van der Waals surface area contributed by atoms with Crippen molar-refractivity contribution in [2.24, 2.45) is 5.73 Å². The van der Waals surface area contributed by atoms with Crippen LogP contribution in [0, 0.1) is 0 Å². The number of rotatable bonds is 10. The zero-order valence-electron chi connectivity index (χ0n) is 18.4. The molecule has 12 heteroatoms. The van der Waals surface area contributed by atoms with Crippen LogP contribution in [0.25, 0.3) is 11.2 Å². The molecule has 2 aromatic heterocycles.